The second kappa shape index (κ2) is 9.52. The summed E-state index contributed by atoms with van der Waals surface area (Å²) in [6, 6.07) is 12.3. The van der Waals surface area contributed by atoms with Crippen LogP contribution < -0.4 is 10.1 Å². The lowest BCUT2D eigenvalue weighted by molar-refractivity contribution is -0.176. The molecule has 3 rings (SSSR count). The van der Waals surface area contributed by atoms with Gasteiger partial charge in [-0.25, -0.2) is 4.79 Å². The van der Waals surface area contributed by atoms with Gasteiger partial charge in [0.1, 0.15) is 24.5 Å². The van der Waals surface area contributed by atoms with Crippen molar-refractivity contribution in [3.05, 3.63) is 65.4 Å². The Labute approximate surface area is 174 Å². The minimum Gasteiger partial charge on any atom is -0.492 e. The number of nitrogens with one attached hydrogen (secondary N) is 1. The van der Waals surface area contributed by atoms with E-state index in [2.05, 4.69) is 5.32 Å². The van der Waals surface area contributed by atoms with E-state index in [4.69, 9.17) is 19.0 Å². The van der Waals surface area contributed by atoms with Gasteiger partial charge in [-0.1, -0.05) is 18.2 Å². The number of ether oxygens (including phenoxy) is 2. The first kappa shape index (κ1) is 22.2. The number of halogens is 3. The number of aromatic carboxylic acids is 1. The van der Waals surface area contributed by atoms with Crippen LogP contribution in [0.5, 0.6) is 5.75 Å². The van der Waals surface area contributed by atoms with Gasteiger partial charge in [0.05, 0.1) is 18.7 Å². The van der Waals surface area contributed by atoms with E-state index in [1.54, 1.807) is 24.3 Å². The number of furan rings is 1. The summed E-state index contributed by atoms with van der Waals surface area (Å²) in [6.45, 7) is -1.72. The largest absolute Gasteiger partial charge is 0.492 e. The molecule has 164 valence electrons. The van der Waals surface area contributed by atoms with E-state index in [9.17, 15) is 22.8 Å². The van der Waals surface area contributed by atoms with Crippen LogP contribution in [0.15, 0.2) is 52.9 Å². The van der Waals surface area contributed by atoms with Crippen LogP contribution in [0.1, 0.15) is 26.5 Å². The van der Waals surface area contributed by atoms with Crippen LogP contribution >= 0.6 is 0 Å². The fourth-order valence-electron chi connectivity index (χ4n) is 2.80. The lowest BCUT2D eigenvalue weighted by atomic mass is 10.1. The number of fused-ring (bicyclic) bond motifs is 1. The number of para-hydroxylation sites is 1. The Morgan fingerprint density at radius 1 is 1.06 bits per heavy atom. The molecule has 0 bridgehead atoms. The third-order valence-corrected chi connectivity index (χ3v) is 4.17. The Bertz CT molecular complexity index is 1060. The number of rotatable bonds is 9. The van der Waals surface area contributed by atoms with Crippen molar-refractivity contribution in [1.82, 2.24) is 5.32 Å². The molecular formula is C21H18F3NO6. The zero-order valence-corrected chi connectivity index (χ0v) is 16.1. The van der Waals surface area contributed by atoms with Crippen molar-refractivity contribution in [2.24, 2.45) is 0 Å². The van der Waals surface area contributed by atoms with Crippen LogP contribution in [-0.2, 0) is 11.3 Å². The summed E-state index contributed by atoms with van der Waals surface area (Å²) in [5.41, 5.74) is 0.696. The van der Waals surface area contributed by atoms with Gasteiger partial charge in [-0.15, -0.1) is 0 Å². The summed E-state index contributed by atoms with van der Waals surface area (Å²) in [6.07, 6.45) is -4.48. The number of carboxylic acids is 1. The van der Waals surface area contributed by atoms with Gasteiger partial charge in [0.25, 0.3) is 5.91 Å². The molecule has 0 saturated carbocycles. The second-order valence-electron chi connectivity index (χ2n) is 6.45. The molecule has 0 saturated heterocycles. The zero-order chi connectivity index (χ0) is 22.4. The number of carbonyl (C=O) groups excluding carboxylic acids is 1. The molecule has 0 unspecified atom stereocenters. The number of amides is 1. The van der Waals surface area contributed by atoms with Crippen LogP contribution in [0.25, 0.3) is 11.0 Å². The maximum Gasteiger partial charge on any atom is 0.411 e. The first-order valence-electron chi connectivity index (χ1n) is 9.14. The first-order chi connectivity index (χ1) is 14.7. The van der Waals surface area contributed by atoms with Crippen molar-refractivity contribution in [2.75, 3.05) is 19.8 Å². The molecule has 0 spiro atoms. The summed E-state index contributed by atoms with van der Waals surface area (Å²) >= 11 is 0. The molecule has 31 heavy (non-hydrogen) atoms. The van der Waals surface area contributed by atoms with Crippen LogP contribution in [0.3, 0.4) is 0 Å². The summed E-state index contributed by atoms with van der Waals surface area (Å²) < 4.78 is 52.9. The Morgan fingerprint density at radius 2 is 1.77 bits per heavy atom. The normalized spacial score (nSPS) is 11.5. The third-order valence-electron chi connectivity index (χ3n) is 4.17. The SMILES string of the molecule is O=C(O)c1ccc(OCCNC(=O)c2oc3ccccc3c2COCC(F)(F)F)cc1. The van der Waals surface area contributed by atoms with Crippen molar-refractivity contribution < 1.29 is 41.8 Å². The van der Waals surface area contributed by atoms with Crippen LogP contribution in [0.4, 0.5) is 13.2 Å². The van der Waals surface area contributed by atoms with Gasteiger partial charge < -0.3 is 24.3 Å². The quantitative estimate of drug-likeness (QED) is 0.491. The van der Waals surface area contributed by atoms with Gasteiger partial charge in [0, 0.05) is 10.9 Å². The van der Waals surface area contributed by atoms with Crippen LogP contribution in [0, 0.1) is 0 Å². The lowest BCUT2D eigenvalue weighted by Crippen LogP contribution is -2.28. The van der Waals surface area contributed by atoms with Crippen molar-refractivity contribution in [1.29, 1.82) is 0 Å². The molecule has 0 aliphatic rings. The Morgan fingerprint density at radius 3 is 2.45 bits per heavy atom. The molecular weight excluding hydrogens is 419 g/mol. The van der Waals surface area contributed by atoms with Crippen molar-refractivity contribution in [2.45, 2.75) is 12.8 Å². The molecule has 2 aromatic carbocycles. The summed E-state index contributed by atoms with van der Waals surface area (Å²) in [7, 11) is 0. The second-order valence-corrected chi connectivity index (χ2v) is 6.45. The van der Waals surface area contributed by atoms with Gasteiger partial charge in [-0.05, 0) is 30.3 Å². The minimum atomic E-state index is -4.48. The summed E-state index contributed by atoms with van der Waals surface area (Å²) in [5, 5.41) is 11.9. The molecule has 3 aromatic rings. The van der Waals surface area contributed by atoms with E-state index in [-0.39, 0.29) is 30.0 Å². The van der Waals surface area contributed by atoms with Crippen molar-refractivity contribution in [3.8, 4) is 5.75 Å². The summed E-state index contributed by atoms with van der Waals surface area (Å²) in [5.74, 6) is -1.38. The van der Waals surface area contributed by atoms with Gasteiger partial charge in [-0.3, -0.25) is 4.79 Å². The fourth-order valence-corrected chi connectivity index (χ4v) is 2.80. The van der Waals surface area contributed by atoms with E-state index >= 15 is 0 Å². The van der Waals surface area contributed by atoms with E-state index in [0.29, 0.717) is 16.7 Å². The topological polar surface area (TPSA) is 98.0 Å². The highest BCUT2D eigenvalue weighted by molar-refractivity contribution is 5.99. The molecule has 0 aliphatic heterocycles. The highest BCUT2D eigenvalue weighted by atomic mass is 19.4. The highest BCUT2D eigenvalue weighted by Gasteiger charge is 2.28. The number of hydrogen-bond acceptors (Lipinski definition) is 5. The molecule has 0 atom stereocenters. The molecule has 1 amide bonds. The predicted octanol–water partition coefficient (Wildman–Crippen LogP) is 4.02. The first-order valence-corrected chi connectivity index (χ1v) is 9.14. The number of carbonyl (C=O) groups is 2. The van der Waals surface area contributed by atoms with Crippen molar-refractivity contribution in [3.63, 3.8) is 0 Å². The Balaban J connectivity index is 1.60. The van der Waals surface area contributed by atoms with E-state index in [1.165, 1.54) is 24.3 Å². The number of benzene rings is 2. The number of hydrogen-bond donors (Lipinski definition) is 2. The Hall–Kier alpha value is -3.53. The van der Waals surface area contributed by atoms with Crippen LogP contribution in [-0.4, -0.2) is 42.9 Å². The lowest BCUT2D eigenvalue weighted by Gasteiger charge is -2.09. The molecule has 1 heterocycles. The van der Waals surface area contributed by atoms with Crippen molar-refractivity contribution >= 4 is 22.8 Å². The molecule has 10 heteroatoms. The van der Waals surface area contributed by atoms with E-state index < -0.39 is 31.3 Å². The molecule has 1 aromatic heterocycles. The van der Waals surface area contributed by atoms with Gasteiger partial charge in [0.15, 0.2) is 5.76 Å². The molecule has 0 aliphatic carbocycles. The highest BCUT2D eigenvalue weighted by Crippen LogP contribution is 2.27. The average Bonchev–Trinajstić information content (AvgIpc) is 3.09. The van der Waals surface area contributed by atoms with Gasteiger partial charge in [-0.2, -0.15) is 13.2 Å². The smallest absolute Gasteiger partial charge is 0.411 e. The number of alkyl halides is 3. The number of carboxylic acid groups (broad SMARTS) is 1. The minimum absolute atomic E-state index is 0.0816. The maximum absolute atomic E-state index is 12.5. The average molecular weight is 437 g/mol. The molecule has 2 N–H and O–H groups in total. The monoisotopic (exact) mass is 437 g/mol. The maximum atomic E-state index is 12.5. The molecule has 0 radical (unpaired) electrons. The predicted molar refractivity (Wildman–Crippen MR) is 103 cm³/mol. The Kier molecular flexibility index (Phi) is 6.81. The van der Waals surface area contributed by atoms with E-state index in [0.717, 1.165) is 0 Å². The third kappa shape index (κ3) is 5.98. The van der Waals surface area contributed by atoms with Gasteiger partial charge in [0.2, 0.25) is 0 Å². The molecule has 7 nitrogen and oxygen atoms in total. The standard InChI is InChI=1S/C21H18F3NO6/c22-21(23,24)12-29-11-16-15-3-1-2-4-17(15)31-18(16)19(26)25-9-10-30-14-7-5-13(6-8-14)20(27)28/h1-8H,9-12H2,(H,25,26)(H,27,28). The van der Waals surface area contributed by atoms with Gasteiger partial charge >= 0.3 is 12.1 Å². The zero-order valence-electron chi connectivity index (χ0n) is 16.1. The van der Waals surface area contributed by atoms with E-state index in [1.807, 2.05) is 0 Å². The summed E-state index contributed by atoms with van der Waals surface area (Å²) in [4.78, 5) is 23.4. The van der Waals surface area contributed by atoms with Crippen LogP contribution in [0.2, 0.25) is 0 Å². The molecule has 0 fully saturated rings. The fraction of sp³-hybridized carbons (Fsp3) is 0.238.